The summed E-state index contributed by atoms with van der Waals surface area (Å²) in [6.45, 7) is 9.14. The number of aryl methyl sites for hydroxylation is 1. The quantitative estimate of drug-likeness (QED) is 0.709. The molecule has 2 saturated heterocycles. The van der Waals surface area contributed by atoms with E-state index in [9.17, 15) is 13.2 Å². The highest BCUT2D eigenvalue weighted by molar-refractivity contribution is 8.00. The van der Waals surface area contributed by atoms with Crippen molar-refractivity contribution in [3.8, 4) is 0 Å². The van der Waals surface area contributed by atoms with Gasteiger partial charge >= 0.3 is 0 Å². The molecule has 0 bridgehead atoms. The van der Waals surface area contributed by atoms with Gasteiger partial charge in [-0.3, -0.25) is 4.79 Å². The molecule has 0 radical (unpaired) electrons. The number of hydrogen-bond donors (Lipinski definition) is 1. The van der Waals surface area contributed by atoms with Gasteiger partial charge in [-0.1, -0.05) is 36.8 Å². The molecule has 1 aromatic carbocycles. The van der Waals surface area contributed by atoms with Crippen LogP contribution in [0.1, 0.15) is 50.2 Å². The molecule has 1 aromatic rings. The first-order valence-corrected chi connectivity index (χ1v) is 13.2. The first-order chi connectivity index (χ1) is 15.4. The van der Waals surface area contributed by atoms with Gasteiger partial charge in [0.1, 0.15) is 10.7 Å². The van der Waals surface area contributed by atoms with Gasteiger partial charge in [0, 0.05) is 37.7 Å². The van der Waals surface area contributed by atoms with Crippen LogP contribution in [0.4, 0.5) is 0 Å². The molecule has 3 heterocycles. The van der Waals surface area contributed by atoms with E-state index in [1.807, 2.05) is 43.0 Å². The van der Waals surface area contributed by atoms with Gasteiger partial charge in [0.25, 0.3) is 10.0 Å². The number of nitrogens with zero attached hydrogens (tertiary/aromatic N) is 3. The van der Waals surface area contributed by atoms with Crippen LogP contribution >= 0.6 is 0 Å². The normalized spacial score (nSPS) is 21.8. The van der Waals surface area contributed by atoms with Crippen LogP contribution in [-0.4, -0.2) is 69.2 Å². The number of sulfonamides is 1. The Balaban J connectivity index is 1.39. The minimum atomic E-state index is -3.72. The average Bonchev–Trinajstić information content (AvgIpc) is 3.39. The number of nitrogens with one attached hydrogen (secondary N) is 1. The van der Waals surface area contributed by atoms with E-state index in [1.54, 1.807) is 0 Å². The lowest BCUT2D eigenvalue weighted by Gasteiger charge is -2.33. The molecule has 7 nitrogen and oxygen atoms in total. The predicted molar refractivity (Wildman–Crippen MR) is 128 cm³/mol. The summed E-state index contributed by atoms with van der Waals surface area (Å²) >= 11 is 0. The molecule has 1 amide bonds. The summed E-state index contributed by atoms with van der Waals surface area (Å²) in [5.74, 6) is 0.668. The Bertz CT molecular complexity index is 1000. The zero-order valence-corrected chi connectivity index (χ0v) is 20.0. The minimum absolute atomic E-state index is 0.0194. The van der Waals surface area contributed by atoms with Gasteiger partial charge in [0.2, 0.25) is 5.91 Å². The van der Waals surface area contributed by atoms with E-state index in [4.69, 9.17) is 0 Å². The monoisotopic (exact) mass is 458 g/mol. The lowest BCUT2D eigenvalue weighted by molar-refractivity contribution is -0.126. The number of benzene rings is 1. The lowest BCUT2D eigenvalue weighted by Crippen LogP contribution is -2.44. The van der Waals surface area contributed by atoms with Crippen molar-refractivity contribution in [2.45, 2.75) is 46.0 Å². The summed E-state index contributed by atoms with van der Waals surface area (Å²) in [5, 5.41) is 3.10. The molecule has 4 rings (SSSR count). The molecule has 0 aliphatic carbocycles. The number of amides is 1. The van der Waals surface area contributed by atoms with Crippen molar-refractivity contribution in [1.82, 2.24) is 15.1 Å². The Labute approximate surface area is 191 Å². The number of piperidine rings is 1. The van der Waals surface area contributed by atoms with Crippen LogP contribution in [0.3, 0.4) is 0 Å². The van der Waals surface area contributed by atoms with Crippen molar-refractivity contribution in [3.63, 3.8) is 0 Å². The fraction of sp³-hybridized carbons (Fsp3) is 0.583. The van der Waals surface area contributed by atoms with Crippen LogP contribution < -0.4 is 5.32 Å². The standard InChI is InChI=1S/C24H34N4O3S/c1-3-21-22(19-8-6-18(2)7-9-19)32(30,31)26-23(21)28-15-10-20(11-16-28)24(29)25-12-17-27-13-4-5-14-27/h6-9,20H,3-5,10-17H2,1-2H3,(H,25,29). The highest BCUT2D eigenvalue weighted by atomic mass is 32.2. The van der Waals surface area contributed by atoms with E-state index in [0.29, 0.717) is 55.2 Å². The number of carbonyl (C=O) groups excluding carboxylic acids is 1. The van der Waals surface area contributed by atoms with Crippen LogP contribution in [-0.2, 0) is 14.8 Å². The molecule has 2 fully saturated rings. The molecule has 0 atom stereocenters. The van der Waals surface area contributed by atoms with E-state index < -0.39 is 10.0 Å². The first-order valence-electron chi connectivity index (χ1n) is 11.8. The maximum Gasteiger partial charge on any atom is 0.285 e. The van der Waals surface area contributed by atoms with Gasteiger partial charge in [-0.15, -0.1) is 4.40 Å². The van der Waals surface area contributed by atoms with Crippen molar-refractivity contribution in [1.29, 1.82) is 0 Å². The summed E-state index contributed by atoms with van der Waals surface area (Å²) in [6, 6.07) is 7.57. The topological polar surface area (TPSA) is 82.1 Å². The van der Waals surface area contributed by atoms with Crippen molar-refractivity contribution in [2.24, 2.45) is 10.3 Å². The highest BCUT2D eigenvalue weighted by Crippen LogP contribution is 2.36. The summed E-state index contributed by atoms with van der Waals surface area (Å²) in [5.41, 5.74) is 2.56. The maximum atomic E-state index is 12.9. The van der Waals surface area contributed by atoms with Crippen molar-refractivity contribution < 1.29 is 13.2 Å². The van der Waals surface area contributed by atoms with Crippen molar-refractivity contribution >= 4 is 26.7 Å². The molecule has 174 valence electrons. The van der Waals surface area contributed by atoms with Crippen LogP contribution in [0.15, 0.2) is 34.2 Å². The van der Waals surface area contributed by atoms with Gasteiger partial charge in [0.15, 0.2) is 0 Å². The van der Waals surface area contributed by atoms with E-state index in [1.165, 1.54) is 12.8 Å². The van der Waals surface area contributed by atoms with Crippen LogP contribution in [0.5, 0.6) is 0 Å². The smallest absolute Gasteiger partial charge is 0.285 e. The van der Waals surface area contributed by atoms with Crippen LogP contribution in [0.25, 0.3) is 4.91 Å². The molecule has 8 heteroatoms. The predicted octanol–water partition coefficient (Wildman–Crippen LogP) is 2.78. The number of likely N-dealkylation sites (tertiary alicyclic amines) is 2. The number of carbonyl (C=O) groups is 1. The third-order valence-corrected chi connectivity index (χ3v) is 8.18. The van der Waals surface area contributed by atoms with E-state index in [0.717, 1.165) is 30.8 Å². The zero-order chi connectivity index (χ0) is 22.7. The molecule has 0 spiro atoms. The fourth-order valence-electron chi connectivity index (χ4n) is 4.91. The first kappa shape index (κ1) is 23.0. The molecule has 3 aliphatic rings. The summed E-state index contributed by atoms with van der Waals surface area (Å²) in [6.07, 6.45) is 4.53. The van der Waals surface area contributed by atoms with Gasteiger partial charge in [-0.2, -0.15) is 8.42 Å². The van der Waals surface area contributed by atoms with Gasteiger partial charge < -0.3 is 15.1 Å². The third kappa shape index (κ3) is 4.91. The van der Waals surface area contributed by atoms with E-state index in [-0.39, 0.29) is 11.8 Å². The van der Waals surface area contributed by atoms with Crippen LogP contribution in [0.2, 0.25) is 0 Å². The second-order valence-electron chi connectivity index (χ2n) is 9.02. The van der Waals surface area contributed by atoms with Gasteiger partial charge in [-0.05, 0) is 57.7 Å². The molecule has 1 N–H and O–H groups in total. The average molecular weight is 459 g/mol. The van der Waals surface area contributed by atoms with E-state index in [2.05, 4.69) is 14.6 Å². The number of hydrogen-bond acceptors (Lipinski definition) is 5. The number of amidine groups is 1. The minimum Gasteiger partial charge on any atom is -0.356 e. The molecule has 3 aliphatic heterocycles. The Morgan fingerprint density at radius 1 is 1.09 bits per heavy atom. The Morgan fingerprint density at radius 2 is 1.75 bits per heavy atom. The Hall–Kier alpha value is -2.19. The van der Waals surface area contributed by atoms with Crippen LogP contribution in [0, 0.1) is 12.8 Å². The zero-order valence-electron chi connectivity index (χ0n) is 19.1. The summed E-state index contributed by atoms with van der Waals surface area (Å²) in [4.78, 5) is 17.4. The second kappa shape index (κ2) is 9.75. The number of rotatable bonds is 6. The second-order valence-corrected chi connectivity index (χ2v) is 10.6. The Kier molecular flexibility index (Phi) is 7.00. The largest absolute Gasteiger partial charge is 0.356 e. The van der Waals surface area contributed by atoms with Crippen molar-refractivity contribution in [2.75, 3.05) is 39.3 Å². The summed E-state index contributed by atoms with van der Waals surface area (Å²) < 4.78 is 30.0. The fourth-order valence-corrected chi connectivity index (χ4v) is 6.43. The summed E-state index contributed by atoms with van der Waals surface area (Å²) in [7, 11) is -3.72. The molecular formula is C24H34N4O3S. The van der Waals surface area contributed by atoms with E-state index >= 15 is 0 Å². The Morgan fingerprint density at radius 3 is 2.38 bits per heavy atom. The molecule has 0 aromatic heterocycles. The van der Waals surface area contributed by atoms with Gasteiger partial charge in [-0.25, -0.2) is 0 Å². The molecule has 32 heavy (non-hydrogen) atoms. The highest BCUT2D eigenvalue weighted by Gasteiger charge is 2.36. The lowest BCUT2D eigenvalue weighted by atomic mass is 9.95. The SMILES string of the molecule is CCC1=C(c2ccc(C)cc2)S(=O)(=O)N=C1N1CCC(C(=O)NCCN2CCCC2)CC1. The molecular weight excluding hydrogens is 424 g/mol. The maximum absolute atomic E-state index is 12.9. The third-order valence-electron chi connectivity index (χ3n) is 6.77. The molecule has 0 unspecified atom stereocenters. The van der Waals surface area contributed by atoms with Gasteiger partial charge in [0.05, 0.1) is 0 Å². The molecule has 0 saturated carbocycles. The van der Waals surface area contributed by atoms with Crippen molar-refractivity contribution in [3.05, 3.63) is 41.0 Å².